The number of nitrogens with zero attached hydrogens (tertiary/aromatic N) is 3. The Balaban J connectivity index is 1.29. The van der Waals surface area contributed by atoms with Gasteiger partial charge in [0.2, 0.25) is 0 Å². The van der Waals surface area contributed by atoms with E-state index in [0.29, 0.717) is 6.04 Å². The highest BCUT2D eigenvalue weighted by Gasteiger charge is 2.46. The van der Waals surface area contributed by atoms with Crippen LogP contribution in [0.15, 0.2) is 168 Å². The van der Waals surface area contributed by atoms with E-state index in [1.165, 1.54) is 44.2 Å². The van der Waals surface area contributed by atoms with Crippen LogP contribution in [0.4, 0.5) is 51.2 Å². The summed E-state index contributed by atoms with van der Waals surface area (Å²) in [6.07, 6.45) is 0. The van der Waals surface area contributed by atoms with Gasteiger partial charge < -0.3 is 19.1 Å². The van der Waals surface area contributed by atoms with Gasteiger partial charge in [-0.1, -0.05) is 189 Å². The Morgan fingerprint density at radius 1 is 0.438 bits per heavy atom. The highest BCUT2D eigenvalue weighted by Crippen LogP contribution is 2.52. The van der Waals surface area contributed by atoms with Crippen molar-refractivity contribution >= 4 is 96.2 Å². The fraction of sp³-hybridized carbons (Fsp3) is 0.294. The molecular formula is C68H72BN3O. The second kappa shape index (κ2) is 16.8. The van der Waals surface area contributed by atoms with Crippen LogP contribution in [0.1, 0.15) is 133 Å². The highest BCUT2D eigenvalue weighted by atomic mass is 16.3. The highest BCUT2D eigenvalue weighted by molar-refractivity contribution is 7.00. The molecule has 11 rings (SSSR count). The first-order valence-corrected chi connectivity index (χ1v) is 26.4. The van der Waals surface area contributed by atoms with Crippen LogP contribution in [0.25, 0.3) is 21.9 Å². The van der Waals surface area contributed by atoms with Gasteiger partial charge in [0.1, 0.15) is 5.58 Å². The van der Waals surface area contributed by atoms with Crippen LogP contribution < -0.4 is 31.1 Å². The van der Waals surface area contributed by atoms with Crippen molar-refractivity contribution in [2.75, 3.05) is 14.7 Å². The predicted octanol–water partition coefficient (Wildman–Crippen LogP) is 17.6. The Morgan fingerprint density at radius 2 is 0.877 bits per heavy atom. The Labute approximate surface area is 437 Å². The first-order valence-electron chi connectivity index (χ1n) is 26.9. The average molecular weight is 959 g/mol. The van der Waals surface area contributed by atoms with Gasteiger partial charge in [0.05, 0.1) is 18.1 Å². The molecule has 2 aliphatic rings. The monoisotopic (exact) mass is 959 g/mol. The number of hydrogen-bond donors (Lipinski definition) is 0. The fourth-order valence-electron chi connectivity index (χ4n) is 11.3. The van der Waals surface area contributed by atoms with Gasteiger partial charge in [-0.2, -0.15) is 0 Å². The molecule has 0 fully saturated rings. The molecule has 1 aromatic heterocycles. The quantitative estimate of drug-likeness (QED) is 0.160. The Kier molecular flexibility index (Phi) is 10.8. The number of furan rings is 1. The lowest BCUT2D eigenvalue weighted by molar-refractivity contribution is 0.590. The van der Waals surface area contributed by atoms with E-state index in [9.17, 15) is 1.37 Å². The summed E-state index contributed by atoms with van der Waals surface area (Å²) in [6.45, 7) is 34.0. The summed E-state index contributed by atoms with van der Waals surface area (Å²) in [5, 5.41) is 2.10. The summed E-state index contributed by atoms with van der Waals surface area (Å²) < 4.78 is 17.1. The van der Waals surface area contributed by atoms with Crippen molar-refractivity contribution in [3.05, 3.63) is 192 Å². The molecule has 0 saturated carbocycles. The first kappa shape index (κ1) is 47.1. The van der Waals surface area contributed by atoms with Crippen LogP contribution >= 0.6 is 0 Å². The van der Waals surface area contributed by atoms with Crippen LogP contribution in [-0.4, -0.2) is 6.71 Å². The molecule has 0 radical (unpaired) electrons. The molecule has 4 nitrogen and oxygen atoms in total. The molecule has 5 heteroatoms. The van der Waals surface area contributed by atoms with Gasteiger partial charge >= 0.3 is 0 Å². The molecule has 0 bridgehead atoms. The normalized spacial score (nSPS) is 14.1. The molecular weight excluding hydrogens is 886 g/mol. The molecule has 0 amide bonds. The van der Waals surface area contributed by atoms with Crippen molar-refractivity contribution in [2.45, 2.75) is 131 Å². The average Bonchev–Trinajstić information content (AvgIpc) is 3.77. The van der Waals surface area contributed by atoms with E-state index < -0.39 is 0 Å². The Morgan fingerprint density at radius 3 is 1.37 bits per heavy atom. The Hall–Kier alpha value is -6.98. The zero-order valence-corrected chi connectivity index (χ0v) is 45.8. The van der Waals surface area contributed by atoms with Gasteiger partial charge in [0, 0.05) is 45.2 Å². The van der Waals surface area contributed by atoms with Gasteiger partial charge in [-0.05, 0) is 150 Å². The van der Waals surface area contributed by atoms with Crippen LogP contribution in [0.3, 0.4) is 0 Å². The number of anilines is 9. The van der Waals surface area contributed by atoms with E-state index in [1.807, 2.05) is 0 Å². The predicted molar refractivity (Wildman–Crippen MR) is 316 cm³/mol. The lowest BCUT2D eigenvalue weighted by atomic mass is 9.33. The molecule has 9 aromatic rings. The van der Waals surface area contributed by atoms with Crippen LogP contribution in [-0.2, 0) is 27.1 Å². The number of rotatable bonds is 5. The lowest BCUT2D eigenvalue weighted by Gasteiger charge is -2.45. The summed E-state index contributed by atoms with van der Waals surface area (Å²) in [5.74, 6) is 0. The van der Waals surface area contributed by atoms with E-state index >= 15 is 0 Å². The third kappa shape index (κ3) is 8.24. The largest absolute Gasteiger partial charge is 0.454 e. The smallest absolute Gasteiger partial charge is 0.252 e. The zero-order chi connectivity index (χ0) is 52.6. The summed E-state index contributed by atoms with van der Waals surface area (Å²) in [6, 6.07) is 59.4. The van der Waals surface area contributed by atoms with Gasteiger partial charge in [-0.25, -0.2) is 0 Å². The number of fused-ring (bicyclic) bond motifs is 8. The lowest BCUT2D eigenvalue weighted by Crippen LogP contribution is -2.61. The van der Waals surface area contributed by atoms with E-state index in [-0.39, 0.29) is 33.8 Å². The molecule has 73 heavy (non-hydrogen) atoms. The van der Waals surface area contributed by atoms with Gasteiger partial charge in [-0.3, -0.25) is 0 Å². The standard InChI is InChI=1S/C68H72BN3O/c1-64(2,3)43-23-32-48(33-24-43)70(49-34-25-44(26-35-49)65(4,5)6)58-42-54-62(60-52-19-16-17-22-59(52)73-63(58)60)72(51-38-29-46(30-39-51)67(10,11)12)57-21-18-20-56-61(57)69(54)53-41-47(68(13,14)15)31-40-55(53)71(56)50-36-27-45(28-37-50)66(7,8)9/h16-42H,1-15H3/i18D. The SMILES string of the molecule is [2H]c1cc2c3c(c1)N(c1ccc(C(C)(C)C)cc1)c1c(cc(N(c4ccc(C(C)(C)C)cc4)c4ccc(C(C)(C)C)cc4)c4oc5ccccc5c14)B3c1cc(C(C)(C)C)ccc1N2c1ccc(C(C)(C)C)cc1. The molecule has 0 saturated heterocycles. The zero-order valence-electron chi connectivity index (χ0n) is 46.8. The molecule has 0 N–H and O–H groups in total. The number of hydrogen-bond acceptors (Lipinski definition) is 4. The van der Waals surface area contributed by atoms with Crippen molar-refractivity contribution in [2.24, 2.45) is 0 Å². The van der Waals surface area contributed by atoms with E-state index in [1.54, 1.807) is 0 Å². The molecule has 0 aliphatic carbocycles. The first-order chi connectivity index (χ1) is 34.8. The number of benzene rings is 8. The van der Waals surface area contributed by atoms with Gasteiger partial charge in [-0.15, -0.1) is 0 Å². The van der Waals surface area contributed by atoms with E-state index in [0.717, 1.165) is 73.1 Å². The molecule has 0 atom stereocenters. The minimum Gasteiger partial charge on any atom is -0.454 e. The summed E-state index contributed by atoms with van der Waals surface area (Å²) >= 11 is 0. The third-order valence-corrected chi connectivity index (χ3v) is 15.6. The van der Waals surface area contributed by atoms with Crippen molar-refractivity contribution in [1.29, 1.82) is 0 Å². The maximum absolute atomic E-state index is 9.76. The molecule has 2 aliphatic heterocycles. The van der Waals surface area contributed by atoms with Crippen LogP contribution in [0.5, 0.6) is 0 Å². The fourth-order valence-corrected chi connectivity index (χ4v) is 11.3. The summed E-state index contributed by atoms with van der Waals surface area (Å²) in [7, 11) is 0. The minimum atomic E-state index is -0.215. The molecule has 0 unspecified atom stereocenters. The Bertz CT molecular complexity index is 3570. The molecule has 3 heterocycles. The summed E-state index contributed by atoms with van der Waals surface area (Å²) in [4.78, 5) is 7.32. The topological polar surface area (TPSA) is 22.9 Å². The van der Waals surface area contributed by atoms with Gasteiger partial charge in [0.25, 0.3) is 6.71 Å². The van der Waals surface area contributed by atoms with Crippen molar-refractivity contribution in [1.82, 2.24) is 0 Å². The number of para-hydroxylation sites is 1. The molecule has 0 spiro atoms. The van der Waals surface area contributed by atoms with Gasteiger partial charge in [0.15, 0.2) is 5.58 Å². The van der Waals surface area contributed by atoms with Crippen molar-refractivity contribution in [3.63, 3.8) is 0 Å². The maximum atomic E-state index is 9.76. The second-order valence-electron chi connectivity index (χ2n) is 25.9. The van der Waals surface area contributed by atoms with Crippen LogP contribution in [0, 0.1) is 0 Å². The molecule has 368 valence electrons. The van der Waals surface area contributed by atoms with E-state index in [2.05, 4.69) is 276 Å². The third-order valence-electron chi connectivity index (χ3n) is 15.6. The summed E-state index contributed by atoms with van der Waals surface area (Å²) in [5.41, 5.74) is 20.8. The van der Waals surface area contributed by atoms with Crippen molar-refractivity contribution in [3.8, 4) is 0 Å². The minimum absolute atomic E-state index is 0.00447. The van der Waals surface area contributed by atoms with Crippen LogP contribution in [0.2, 0.25) is 0 Å². The second-order valence-corrected chi connectivity index (χ2v) is 25.9. The van der Waals surface area contributed by atoms with Crippen molar-refractivity contribution < 1.29 is 5.79 Å². The maximum Gasteiger partial charge on any atom is 0.252 e. The van der Waals surface area contributed by atoms with E-state index in [4.69, 9.17) is 4.42 Å². The molecule has 8 aromatic carbocycles.